The quantitative estimate of drug-likeness (QED) is 0.730. The molecule has 65 valence electrons. The predicted molar refractivity (Wildman–Crippen MR) is 47.5 cm³/mol. The molecule has 0 saturated carbocycles. The van der Waals surface area contributed by atoms with Crippen LogP contribution >= 0.6 is 0 Å². The lowest BCUT2D eigenvalue weighted by Crippen LogP contribution is -2.10. The Kier molecular flexibility index (Phi) is 3.77. The van der Waals surface area contributed by atoms with Crippen LogP contribution in [0.3, 0.4) is 0 Å². The van der Waals surface area contributed by atoms with E-state index in [9.17, 15) is 0 Å². The Morgan fingerprint density at radius 1 is 1.33 bits per heavy atom. The third kappa shape index (κ3) is 3.51. The third-order valence-corrected chi connectivity index (χ3v) is 1.42. The van der Waals surface area contributed by atoms with Crippen LogP contribution in [0.15, 0.2) is 30.3 Å². The number of ether oxygens (including phenoxy) is 1. The van der Waals surface area contributed by atoms with E-state index in [1.54, 1.807) is 0 Å². The van der Waals surface area contributed by atoms with E-state index >= 15 is 0 Å². The van der Waals surface area contributed by atoms with Gasteiger partial charge in [0.1, 0.15) is 0 Å². The van der Waals surface area contributed by atoms with Gasteiger partial charge in [-0.3, -0.25) is 0 Å². The molecule has 1 aromatic rings. The Balaban J connectivity index is 2.25. The monoisotopic (exact) mass is 165 g/mol. The Morgan fingerprint density at radius 2 is 2.00 bits per heavy atom. The van der Waals surface area contributed by atoms with Gasteiger partial charge in [-0.05, 0) is 12.5 Å². The zero-order valence-electron chi connectivity index (χ0n) is 6.94. The average molecular weight is 165 g/mol. The van der Waals surface area contributed by atoms with Crippen LogP contribution in [0.2, 0.25) is 0 Å². The maximum atomic E-state index is 8.79. The van der Waals surface area contributed by atoms with Crippen LogP contribution in [-0.2, 0) is 11.3 Å². The zero-order chi connectivity index (χ0) is 8.81. The van der Waals surface area contributed by atoms with Gasteiger partial charge in [-0.2, -0.15) is 0 Å². The molecule has 2 heteroatoms. The van der Waals surface area contributed by atoms with Gasteiger partial charge in [0.15, 0.2) is 0 Å². The SMILES string of the molecule is [CH2][C@@H](O)COCc1ccccc1. The van der Waals surface area contributed by atoms with Crippen LogP contribution in [0.1, 0.15) is 5.56 Å². The summed E-state index contributed by atoms with van der Waals surface area (Å²) in [5.41, 5.74) is 1.11. The molecule has 12 heavy (non-hydrogen) atoms. The molecule has 0 bridgehead atoms. The number of aliphatic hydroxyl groups excluding tert-OH is 1. The molecule has 0 aliphatic rings. The van der Waals surface area contributed by atoms with Crippen molar-refractivity contribution >= 4 is 0 Å². The molecule has 1 atom stereocenters. The van der Waals surface area contributed by atoms with Crippen LogP contribution in [0.4, 0.5) is 0 Å². The molecule has 0 amide bonds. The minimum absolute atomic E-state index is 0.287. The minimum atomic E-state index is -0.631. The smallest absolute Gasteiger partial charge is 0.0774 e. The molecule has 0 aliphatic carbocycles. The lowest BCUT2D eigenvalue weighted by atomic mass is 10.2. The summed E-state index contributed by atoms with van der Waals surface area (Å²) < 4.78 is 5.17. The number of hydrogen-bond donors (Lipinski definition) is 1. The number of aliphatic hydroxyl groups is 1. The molecule has 1 rings (SSSR count). The van der Waals surface area contributed by atoms with E-state index in [0.29, 0.717) is 6.61 Å². The molecule has 1 radical (unpaired) electrons. The summed E-state index contributed by atoms with van der Waals surface area (Å²) in [7, 11) is 0. The summed E-state index contributed by atoms with van der Waals surface area (Å²) in [5, 5.41) is 8.79. The second-order valence-electron chi connectivity index (χ2n) is 2.65. The van der Waals surface area contributed by atoms with Crippen molar-refractivity contribution < 1.29 is 9.84 Å². The van der Waals surface area contributed by atoms with Crippen molar-refractivity contribution in [3.05, 3.63) is 42.8 Å². The summed E-state index contributed by atoms with van der Waals surface area (Å²) in [6, 6.07) is 9.84. The lowest BCUT2D eigenvalue weighted by Gasteiger charge is -2.05. The number of rotatable bonds is 4. The first kappa shape index (κ1) is 9.23. The highest BCUT2D eigenvalue weighted by Crippen LogP contribution is 2.00. The van der Waals surface area contributed by atoms with Crippen LogP contribution in [0, 0.1) is 6.92 Å². The maximum Gasteiger partial charge on any atom is 0.0774 e. The first-order chi connectivity index (χ1) is 5.79. The summed E-state index contributed by atoms with van der Waals surface area (Å²) in [6.07, 6.45) is -0.631. The van der Waals surface area contributed by atoms with Gasteiger partial charge >= 0.3 is 0 Å². The van der Waals surface area contributed by atoms with E-state index in [0.717, 1.165) is 5.56 Å². The van der Waals surface area contributed by atoms with Crippen LogP contribution < -0.4 is 0 Å². The van der Waals surface area contributed by atoms with E-state index in [-0.39, 0.29) is 6.61 Å². The summed E-state index contributed by atoms with van der Waals surface area (Å²) in [6.45, 7) is 4.22. The number of hydrogen-bond acceptors (Lipinski definition) is 2. The van der Waals surface area contributed by atoms with E-state index in [2.05, 4.69) is 6.92 Å². The van der Waals surface area contributed by atoms with Crippen molar-refractivity contribution in [1.29, 1.82) is 0 Å². The highest BCUT2D eigenvalue weighted by molar-refractivity contribution is 5.13. The van der Waals surface area contributed by atoms with E-state index in [1.807, 2.05) is 30.3 Å². The topological polar surface area (TPSA) is 29.5 Å². The highest BCUT2D eigenvalue weighted by atomic mass is 16.5. The molecule has 1 N–H and O–H groups in total. The molecule has 0 fully saturated rings. The molecule has 0 aromatic heterocycles. The third-order valence-electron chi connectivity index (χ3n) is 1.42. The molecule has 1 aromatic carbocycles. The first-order valence-corrected chi connectivity index (χ1v) is 3.92. The molecular weight excluding hydrogens is 152 g/mol. The van der Waals surface area contributed by atoms with Crippen molar-refractivity contribution in [2.24, 2.45) is 0 Å². The Bertz CT molecular complexity index is 206. The van der Waals surface area contributed by atoms with Crippen LogP contribution in [0.25, 0.3) is 0 Å². The fourth-order valence-electron chi connectivity index (χ4n) is 0.887. The lowest BCUT2D eigenvalue weighted by molar-refractivity contribution is 0.0491. The van der Waals surface area contributed by atoms with Gasteiger partial charge in [0.2, 0.25) is 0 Å². The molecule has 0 heterocycles. The van der Waals surface area contributed by atoms with Crippen LogP contribution in [0.5, 0.6) is 0 Å². The predicted octanol–water partition coefficient (Wildman–Crippen LogP) is 1.40. The van der Waals surface area contributed by atoms with Crippen LogP contribution in [-0.4, -0.2) is 17.8 Å². The van der Waals surface area contributed by atoms with Gasteiger partial charge in [0.25, 0.3) is 0 Å². The Labute approximate surface area is 72.8 Å². The van der Waals surface area contributed by atoms with Gasteiger partial charge in [-0.1, -0.05) is 30.3 Å². The second-order valence-corrected chi connectivity index (χ2v) is 2.65. The summed E-state index contributed by atoms with van der Waals surface area (Å²) in [5.74, 6) is 0. The molecule has 0 saturated heterocycles. The molecule has 0 spiro atoms. The second kappa shape index (κ2) is 4.91. The summed E-state index contributed by atoms with van der Waals surface area (Å²) in [4.78, 5) is 0. The molecule has 0 unspecified atom stereocenters. The normalized spacial score (nSPS) is 12.8. The average Bonchev–Trinajstić information content (AvgIpc) is 2.05. The minimum Gasteiger partial charge on any atom is -0.391 e. The maximum absolute atomic E-state index is 8.79. The largest absolute Gasteiger partial charge is 0.391 e. The van der Waals surface area contributed by atoms with Crippen molar-refractivity contribution in [3.63, 3.8) is 0 Å². The summed E-state index contributed by atoms with van der Waals surface area (Å²) >= 11 is 0. The molecule has 0 aliphatic heterocycles. The molecular formula is C10H13O2. The standard InChI is InChI=1S/C10H13O2/c1-9(11)7-12-8-10-5-3-2-4-6-10/h2-6,9,11H,1,7-8H2/t9-/m1/s1. The first-order valence-electron chi connectivity index (χ1n) is 3.92. The zero-order valence-corrected chi connectivity index (χ0v) is 6.94. The van der Waals surface area contributed by atoms with Crippen molar-refractivity contribution in [2.45, 2.75) is 12.7 Å². The fourth-order valence-corrected chi connectivity index (χ4v) is 0.887. The van der Waals surface area contributed by atoms with Gasteiger partial charge in [-0.15, -0.1) is 0 Å². The number of benzene rings is 1. The van der Waals surface area contributed by atoms with Gasteiger partial charge in [0.05, 0.1) is 19.3 Å². The van der Waals surface area contributed by atoms with E-state index < -0.39 is 6.10 Å². The molecule has 2 nitrogen and oxygen atoms in total. The fraction of sp³-hybridized carbons (Fsp3) is 0.300. The van der Waals surface area contributed by atoms with E-state index in [1.165, 1.54) is 0 Å². The van der Waals surface area contributed by atoms with E-state index in [4.69, 9.17) is 9.84 Å². The highest BCUT2D eigenvalue weighted by Gasteiger charge is 1.95. The van der Waals surface area contributed by atoms with Crippen molar-refractivity contribution in [1.82, 2.24) is 0 Å². The van der Waals surface area contributed by atoms with Crippen molar-refractivity contribution in [3.8, 4) is 0 Å². The van der Waals surface area contributed by atoms with Crippen molar-refractivity contribution in [2.75, 3.05) is 6.61 Å². The van der Waals surface area contributed by atoms with Gasteiger partial charge in [-0.25, -0.2) is 0 Å². The Hall–Kier alpha value is -0.860. The van der Waals surface area contributed by atoms with Gasteiger partial charge in [0, 0.05) is 0 Å². The Morgan fingerprint density at radius 3 is 2.58 bits per heavy atom. The van der Waals surface area contributed by atoms with Gasteiger partial charge < -0.3 is 9.84 Å².